The van der Waals surface area contributed by atoms with Crippen LogP contribution in [0, 0.1) is 11.8 Å². The lowest BCUT2D eigenvalue weighted by Gasteiger charge is -2.48. The van der Waals surface area contributed by atoms with Crippen LogP contribution in [0.15, 0.2) is 0 Å². The quantitative estimate of drug-likeness (QED) is 0.810. The molecule has 2 nitrogen and oxygen atoms in total. The molecule has 1 aliphatic carbocycles. The van der Waals surface area contributed by atoms with Crippen molar-refractivity contribution in [2.24, 2.45) is 11.8 Å². The third-order valence-corrected chi connectivity index (χ3v) is 6.24. The molecule has 0 aromatic carbocycles. The molecule has 1 N–H and O–H groups in total. The van der Waals surface area contributed by atoms with E-state index in [-0.39, 0.29) is 0 Å². The number of nitrogens with one attached hydrogen (secondary N) is 1. The summed E-state index contributed by atoms with van der Waals surface area (Å²) in [5, 5.41) is 3.52. The first-order valence-corrected chi connectivity index (χ1v) is 8.15. The van der Waals surface area contributed by atoms with Crippen LogP contribution >= 0.6 is 0 Å². The maximum atomic E-state index is 3.52. The van der Waals surface area contributed by atoms with Crippen LogP contribution in [-0.4, -0.2) is 36.1 Å². The van der Waals surface area contributed by atoms with Gasteiger partial charge in [0.25, 0.3) is 0 Å². The highest BCUT2D eigenvalue weighted by Crippen LogP contribution is 2.43. The van der Waals surface area contributed by atoms with Crippen molar-refractivity contribution < 1.29 is 0 Å². The summed E-state index contributed by atoms with van der Waals surface area (Å²) in [7, 11) is 2.14. The van der Waals surface area contributed by atoms with Crippen molar-refractivity contribution in [1.29, 1.82) is 0 Å². The molecule has 3 rings (SSSR count). The molecule has 3 aliphatic rings. The molecule has 2 heterocycles. The third-order valence-electron chi connectivity index (χ3n) is 6.24. The van der Waals surface area contributed by atoms with E-state index in [0.29, 0.717) is 0 Å². The lowest BCUT2D eigenvalue weighted by molar-refractivity contribution is 0.0109. The van der Waals surface area contributed by atoms with E-state index in [4.69, 9.17) is 0 Å². The van der Waals surface area contributed by atoms with Gasteiger partial charge in [-0.05, 0) is 51.0 Å². The second-order valence-corrected chi connectivity index (χ2v) is 7.12. The van der Waals surface area contributed by atoms with Crippen molar-refractivity contribution >= 4 is 0 Å². The molecule has 5 atom stereocenters. The van der Waals surface area contributed by atoms with Crippen molar-refractivity contribution in [2.45, 2.75) is 83.0 Å². The Hall–Kier alpha value is -0.0800. The van der Waals surface area contributed by atoms with Crippen molar-refractivity contribution in [3.63, 3.8) is 0 Å². The molecule has 3 fully saturated rings. The minimum absolute atomic E-state index is 0.787. The molecular weight excluding hydrogens is 220 g/mol. The SMILES string of the molecule is CNC1CC2CCC(C1)N2C1CCCC(C)C1C. The molecule has 104 valence electrons. The van der Waals surface area contributed by atoms with Gasteiger partial charge in [-0.3, -0.25) is 4.90 Å². The number of nitrogens with zero attached hydrogens (tertiary/aromatic N) is 1. The minimum Gasteiger partial charge on any atom is -0.317 e. The van der Waals surface area contributed by atoms with E-state index in [0.717, 1.165) is 36.0 Å². The predicted octanol–water partition coefficient (Wildman–Crippen LogP) is 3.03. The number of rotatable bonds is 2. The third kappa shape index (κ3) is 2.12. The van der Waals surface area contributed by atoms with Crippen LogP contribution in [0.2, 0.25) is 0 Å². The fraction of sp³-hybridized carbons (Fsp3) is 1.00. The molecule has 0 aromatic rings. The first-order valence-electron chi connectivity index (χ1n) is 8.15. The summed E-state index contributed by atoms with van der Waals surface area (Å²) >= 11 is 0. The zero-order chi connectivity index (χ0) is 12.7. The molecular formula is C16H30N2. The monoisotopic (exact) mass is 250 g/mol. The van der Waals surface area contributed by atoms with Gasteiger partial charge in [-0.1, -0.05) is 26.7 Å². The van der Waals surface area contributed by atoms with Gasteiger partial charge in [0.2, 0.25) is 0 Å². The second kappa shape index (κ2) is 5.13. The van der Waals surface area contributed by atoms with Gasteiger partial charge in [0.1, 0.15) is 0 Å². The maximum Gasteiger partial charge on any atom is 0.0129 e. The van der Waals surface area contributed by atoms with Crippen LogP contribution < -0.4 is 5.32 Å². The zero-order valence-electron chi connectivity index (χ0n) is 12.4. The lowest BCUT2D eigenvalue weighted by atomic mass is 9.76. The van der Waals surface area contributed by atoms with Gasteiger partial charge in [0.05, 0.1) is 0 Å². The van der Waals surface area contributed by atoms with E-state index in [2.05, 4.69) is 31.1 Å². The summed E-state index contributed by atoms with van der Waals surface area (Å²) in [5.74, 6) is 1.85. The normalized spacial score (nSPS) is 49.5. The Morgan fingerprint density at radius 3 is 2.22 bits per heavy atom. The van der Waals surface area contributed by atoms with Crippen molar-refractivity contribution in [3.8, 4) is 0 Å². The van der Waals surface area contributed by atoms with Crippen LogP contribution in [0.5, 0.6) is 0 Å². The molecule has 0 radical (unpaired) electrons. The van der Waals surface area contributed by atoms with Crippen molar-refractivity contribution in [1.82, 2.24) is 10.2 Å². The maximum absolute atomic E-state index is 3.52. The molecule has 2 saturated heterocycles. The predicted molar refractivity (Wildman–Crippen MR) is 76.7 cm³/mol. The zero-order valence-corrected chi connectivity index (χ0v) is 12.4. The molecule has 2 heteroatoms. The summed E-state index contributed by atoms with van der Waals surface area (Å²) in [6.45, 7) is 4.98. The largest absolute Gasteiger partial charge is 0.317 e. The van der Waals surface area contributed by atoms with Crippen molar-refractivity contribution in [2.75, 3.05) is 7.05 Å². The number of piperidine rings is 1. The summed E-state index contributed by atoms with van der Waals surface area (Å²) in [6.07, 6.45) is 10.1. The van der Waals surface area contributed by atoms with Gasteiger partial charge in [-0.2, -0.15) is 0 Å². The highest BCUT2D eigenvalue weighted by Gasteiger charge is 2.45. The van der Waals surface area contributed by atoms with Gasteiger partial charge in [-0.25, -0.2) is 0 Å². The fourth-order valence-electron chi connectivity index (χ4n) is 4.97. The Morgan fingerprint density at radius 2 is 1.61 bits per heavy atom. The van der Waals surface area contributed by atoms with Crippen LogP contribution in [0.1, 0.15) is 58.8 Å². The summed E-state index contributed by atoms with van der Waals surface area (Å²) < 4.78 is 0. The van der Waals surface area contributed by atoms with E-state index < -0.39 is 0 Å². The van der Waals surface area contributed by atoms with E-state index in [9.17, 15) is 0 Å². The number of fused-ring (bicyclic) bond motifs is 2. The average Bonchev–Trinajstić information content (AvgIpc) is 2.63. The number of hydrogen-bond donors (Lipinski definition) is 1. The minimum atomic E-state index is 0.787. The Bertz CT molecular complexity index is 277. The van der Waals surface area contributed by atoms with Gasteiger partial charge in [0, 0.05) is 24.2 Å². The Kier molecular flexibility index (Phi) is 3.68. The number of hydrogen-bond acceptors (Lipinski definition) is 2. The van der Waals surface area contributed by atoms with E-state index in [1.807, 2.05) is 0 Å². The van der Waals surface area contributed by atoms with Gasteiger partial charge in [0.15, 0.2) is 0 Å². The van der Waals surface area contributed by atoms with Crippen molar-refractivity contribution in [3.05, 3.63) is 0 Å². The van der Waals surface area contributed by atoms with Crippen LogP contribution in [0.4, 0.5) is 0 Å². The van der Waals surface area contributed by atoms with Crippen LogP contribution in [-0.2, 0) is 0 Å². The van der Waals surface area contributed by atoms with Gasteiger partial charge in [-0.15, -0.1) is 0 Å². The Morgan fingerprint density at radius 1 is 0.944 bits per heavy atom. The standard InChI is InChI=1S/C16H30N2/c1-11-5-4-6-16(12(11)2)18-14-7-8-15(18)10-13(9-14)17-3/h11-17H,4-10H2,1-3H3. The van der Waals surface area contributed by atoms with E-state index in [1.165, 1.54) is 44.9 Å². The molecule has 2 bridgehead atoms. The van der Waals surface area contributed by atoms with Gasteiger partial charge >= 0.3 is 0 Å². The molecule has 0 spiro atoms. The summed E-state index contributed by atoms with van der Waals surface area (Å²) in [5.41, 5.74) is 0. The molecule has 2 aliphatic heterocycles. The highest BCUT2D eigenvalue weighted by atomic mass is 15.3. The molecule has 18 heavy (non-hydrogen) atoms. The molecule has 0 aromatic heterocycles. The Balaban J connectivity index is 1.73. The van der Waals surface area contributed by atoms with E-state index >= 15 is 0 Å². The molecule has 0 amide bonds. The fourth-order valence-corrected chi connectivity index (χ4v) is 4.97. The molecule has 1 saturated carbocycles. The lowest BCUT2D eigenvalue weighted by Crippen LogP contribution is -2.55. The van der Waals surface area contributed by atoms with Crippen LogP contribution in [0.25, 0.3) is 0 Å². The first-order chi connectivity index (χ1) is 8.70. The van der Waals surface area contributed by atoms with Gasteiger partial charge < -0.3 is 5.32 Å². The Labute approximate surface area is 113 Å². The second-order valence-electron chi connectivity index (χ2n) is 7.12. The summed E-state index contributed by atoms with van der Waals surface area (Å²) in [6, 6.07) is 3.46. The topological polar surface area (TPSA) is 15.3 Å². The van der Waals surface area contributed by atoms with Crippen LogP contribution in [0.3, 0.4) is 0 Å². The summed E-state index contributed by atoms with van der Waals surface area (Å²) in [4.78, 5) is 2.97. The smallest absolute Gasteiger partial charge is 0.0129 e. The molecule has 5 unspecified atom stereocenters. The van der Waals surface area contributed by atoms with E-state index in [1.54, 1.807) is 0 Å². The average molecular weight is 250 g/mol. The first kappa shape index (κ1) is 12.9. The highest BCUT2D eigenvalue weighted by molar-refractivity contribution is 5.01.